The maximum Gasteiger partial charge on any atom is 0.358 e. The zero-order valence-corrected chi connectivity index (χ0v) is 21.8. The Balaban J connectivity index is 1.49. The quantitative estimate of drug-likeness (QED) is 0.241. The molecule has 0 saturated carbocycles. The highest BCUT2D eigenvalue weighted by Gasteiger charge is 2.54. The van der Waals surface area contributed by atoms with Crippen molar-refractivity contribution in [3.8, 4) is 0 Å². The van der Waals surface area contributed by atoms with E-state index in [1.165, 1.54) is 30.7 Å². The van der Waals surface area contributed by atoms with Gasteiger partial charge in [-0.1, -0.05) is 36.4 Å². The first-order chi connectivity index (χ1) is 17.1. The summed E-state index contributed by atoms with van der Waals surface area (Å²) in [6, 6.07) is 13.4. The second kappa shape index (κ2) is 10.4. The van der Waals surface area contributed by atoms with Gasteiger partial charge in [0.15, 0.2) is 6.04 Å². The molecule has 1 amide bonds. The van der Waals surface area contributed by atoms with E-state index < -0.39 is 29.7 Å². The van der Waals surface area contributed by atoms with Crippen molar-refractivity contribution in [3.05, 3.63) is 59.3 Å². The van der Waals surface area contributed by atoms with Crippen molar-refractivity contribution in [2.75, 3.05) is 19.5 Å². The van der Waals surface area contributed by atoms with Gasteiger partial charge in [0.1, 0.15) is 11.1 Å². The Labute approximate surface area is 214 Å². The fourth-order valence-corrected chi connectivity index (χ4v) is 5.27. The van der Waals surface area contributed by atoms with Gasteiger partial charge in [0, 0.05) is 26.0 Å². The lowest BCUT2D eigenvalue weighted by Crippen LogP contribution is -2.64. The van der Waals surface area contributed by atoms with Gasteiger partial charge in [-0.2, -0.15) is 0 Å². The van der Waals surface area contributed by atoms with Gasteiger partial charge in [0.2, 0.25) is 6.29 Å². The predicted octanol–water partition coefficient (Wildman–Crippen LogP) is 3.92. The van der Waals surface area contributed by atoms with E-state index in [0.29, 0.717) is 11.3 Å². The molecule has 0 radical (unpaired) electrons. The number of thioether (sulfide) groups is 1. The average Bonchev–Trinajstić information content (AvgIpc) is 2.83. The molecule has 1 saturated heterocycles. The predicted molar refractivity (Wildman–Crippen MR) is 138 cm³/mol. The Morgan fingerprint density at radius 1 is 1.17 bits per heavy atom. The van der Waals surface area contributed by atoms with E-state index in [-0.39, 0.29) is 23.6 Å². The van der Waals surface area contributed by atoms with Crippen molar-refractivity contribution in [2.45, 2.75) is 45.4 Å². The van der Waals surface area contributed by atoms with E-state index >= 15 is 0 Å². The molecule has 3 unspecified atom stereocenters. The van der Waals surface area contributed by atoms with Crippen LogP contribution in [-0.2, 0) is 28.6 Å². The number of fused-ring (bicyclic) bond motifs is 2. The number of amides is 1. The highest BCUT2D eigenvalue weighted by molar-refractivity contribution is 8.00. The van der Waals surface area contributed by atoms with E-state index in [4.69, 9.17) is 14.2 Å². The summed E-state index contributed by atoms with van der Waals surface area (Å²) in [6.45, 7) is 6.78. The molecule has 3 atom stereocenters. The van der Waals surface area contributed by atoms with Crippen LogP contribution in [0.4, 0.5) is 0 Å². The minimum Gasteiger partial charge on any atom is -0.425 e. The first kappa shape index (κ1) is 25.9. The van der Waals surface area contributed by atoms with Gasteiger partial charge >= 0.3 is 11.9 Å². The smallest absolute Gasteiger partial charge is 0.358 e. The third kappa shape index (κ3) is 5.32. The van der Waals surface area contributed by atoms with Crippen molar-refractivity contribution in [1.29, 1.82) is 0 Å². The largest absolute Gasteiger partial charge is 0.425 e. The number of ether oxygens (including phenoxy) is 3. The maximum absolute atomic E-state index is 13.1. The number of aliphatic imine (C=N–C) groups is 1. The summed E-state index contributed by atoms with van der Waals surface area (Å²) in [6.07, 6.45) is 0.597. The summed E-state index contributed by atoms with van der Waals surface area (Å²) >= 11 is 1.52. The van der Waals surface area contributed by atoms with Crippen LogP contribution in [0.25, 0.3) is 10.8 Å². The lowest BCUT2D eigenvalue weighted by atomic mass is 9.97. The zero-order valence-electron chi connectivity index (χ0n) is 21.0. The summed E-state index contributed by atoms with van der Waals surface area (Å²) in [5, 5.41) is 1.89. The van der Waals surface area contributed by atoms with Crippen molar-refractivity contribution < 1.29 is 28.6 Å². The van der Waals surface area contributed by atoms with E-state index in [0.717, 1.165) is 16.3 Å². The van der Waals surface area contributed by atoms with Crippen molar-refractivity contribution in [1.82, 2.24) is 4.90 Å². The number of β-lactam (4-membered cyclic amide) rings is 1. The summed E-state index contributed by atoms with van der Waals surface area (Å²) in [5.41, 5.74) is 0.938. The molecule has 0 N–H and O–H groups in total. The van der Waals surface area contributed by atoms with E-state index in [1.54, 1.807) is 27.0 Å². The van der Waals surface area contributed by atoms with Gasteiger partial charge in [-0.05, 0) is 48.7 Å². The molecule has 2 aliphatic rings. The molecule has 9 heteroatoms. The molecule has 0 spiro atoms. The highest BCUT2D eigenvalue weighted by atomic mass is 32.2. The minimum absolute atomic E-state index is 0.140. The standard InChI is InChI=1S/C27H30N2O6S/c1-16(35-26(32)27(2,3)4)34-25(31)22-20(14-33-5)15-36-24-21(23(30)29(22)24)28-13-17-10-11-18-8-6-7-9-19(18)12-17/h6-13,16,21,24H,14-15H2,1-5H3. The fraction of sp³-hybridized carbons (Fsp3) is 0.407. The van der Waals surface area contributed by atoms with Crippen LogP contribution >= 0.6 is 11.8 Å². The molecule has 1 fully saturated rings. The minimum atomic E-state index is -1.10. The number of esters is 2. The molecule has 2 aromatic carbocycles. The zero-order chi connectivity index (χ0) is 26.0. The lowest BCUT2D eigenvalue weighted by Gasteiger charge is -2.48. The summed E-state index contributed by atoms with van der Waals surface area (Å²) < 4.78 is 15.9. The molecule has 8 nitrogen and oxygen atoms in total. The summed E-state index contributed by atoms with van der Waals surface area (Å²) in [4.78, 5) is 44.4. The van der Waals surface area contributed by atoms with E-state index in [9.17, 15) is 14.4 Å². The Morgan fingerprint density at radius 2 is 1.89 bits per heavy atom. The van der Waals surface area contributed by atoms with Gasteiger partial charge in [-0.3, -0.25) is 19.5 Å². The van der Waals surface area contributed by atoms with Crippen LogP contribution in [0.2, 0.25) is 0 Å². The molecule has 2 heterocycles. The van der Waals surface area contributed by atoms with Crippen LogP contribution in [-0.4, -0.2) is 66.1 Å². The van der Waals surface area contributed by atoms with Crippen LogP contribution in [0, 0.1) is 5.41 Å². The van der Waals surface area contributed by atoms with Crippen LogP contribution in [0.5, 0.6) is 0 Å². The number of methoxy groups -OCH3 is 1. The molecule has 0 bridgehead atoms. The van der Waals surface area contributed by atoms with Crippen LogP contribution in [0.15, 0.2) is 58.7 Å². The molecule has 190 valence electrons. The van der Waals surface area contributed by atoms with E-state index in [2.05, 4.69) is 4.99 Å². The average molecular weight is 511 g/mol. The monoisotopic (exact) mass is 510 g/mol. The molecule has 2 aliphatic heterocycles. The Bertz CT molecular complexity index is 1250. The number of hydrogen-bond acceptors (Lipinski definition) is 8. The Hall–Kier alpha value is -3.17. The second-order valence-corrected chi connectivity index (χ2v) is 10.9. The van der Waals surface area contributed by atoms with Crippen LogP contribution in [0.3, 0.4) is 0 Å². The van der Waals surface area contributed by atoms with E-state index in [1.807, 2.05) is 42.5 Å². The summed E-state index contributed by atoms with van der Waals surface area (Å²) in [7, 11) is 1.52. The Kier molecular flexibility index (Phi) is 7.51. The van der Waals surface area contributed by atoms with Gasteiger partial charge in [0.05, 0.1) is 12.0 Å². The second-order valence-electron chi connectivity index (χ2n) is 9.75. The number of carbonyl (C=O) groups excluding carboxylic acids is 3. The lowest BCUT2D eigenvalue weighted by molar-refractivity contribution is -0.190. The number of rotatable bonds is 7. The molecular formula is C27H30N2O6S. The van der Waals surface area contributed by atoms with Crippen LogP contribution in [0.1, 0.15) is 33.3 Å². The highest BCUT2D eigenvalue weighted by Crippen LogP contribution is 2.42. The topological polar surface area (TPSA) is 94.5 Å². The van der Waals surface area contributed by atoms with Gasteiger partial charge in [-0.25, -0.2) is 4.79 Å². The van der Waals surface area contributed by atoms with Crippen molar-refractivity contribution in [2.24, 2.45) is 10.4 Å². The third-order valence-electron chi connectivity index (χ3n) is 5.85. The van der Waals surface area contributed by atoms with Gasteiger partial charge < -0.3 is 14.2 Å². The molecule has 0 aliphatic carbocycles. The third-order valence-corrected chi connectivity index (χ3v) is 7.17. The number of hydrogen-bond donors (Lipinski definition) is 0. The first-order valence-corrected chi connectivity index (χ1v) is 12.7. The number of benzene rings is 2. The van der Waals surface area contributed by atoms with Crippen molar-refractivity contribution in [3.63, 3.8) is 0 Å². The maximum atomic E-state index is 13.1. The molecule has 0 aromatic heterocycles. The summed E-state index contributed by atoms with van der Waals surface area (Å²) in [5.74, 6) is -1.02. The fourth-order valence-electron chi connectivity index (χ4n) is 3.95. The van der Waals surface area contributed by atoms with Crippen LogP contribution < -0.4 is 0 Å². The first-order valence-electron chi connectivity index (χ1n) is 11.7. The number of carbonyl (C=O) groups is 3. The molecule has 36 heavy (non-hydrogen) atoms. The number of nitrogens with zero attached hydrogens (tertiary/aromatic N) is 2. The molecular weight excluding hydrogens is 480 g/mol. The van der Waals surface area contributed by atoms with Gasteiger partial charge in [0.25, 0.3) is 5.91 Å². The molecule has 4 rings (SSSR count). The van der Waals surface area contributed by atoms with Gasteiger partial charge in [-0.15, -0.1) is 11.8 Å². The van der Waals surface area contributed by atoms with Crippen molar-refractivity contribution >= 4 is 46.6 Å². The SMILES string of the molecule is COCC1=C(C(=O)OC(C)OC(=O)C(C)(C)C)N2C(=O)C(N=Cc3ccc4ccccc4c3)C2SC1. The normalized spacial score (nSPS) is 20.8. The molecule has 2 aromatic rings. The Morgan fingerprint density at radius 3 is 2.58 bits per heavy atom.